The van der Waals surface area contributed by atoms with Crippen LogP contribution < -0.4 is 10.0 Å². The van der Waals surface area contributed by atoms with E-state index in [0.29, 0.717) is 6.61 Å². The third-order valence-corrected chi connectivity index (χ3v) is 0.752. The second-order valence-electron chi connectivity index (χ2n) is 1.51. The topological polar surface area (TPSA) is 55.3 Å². The highest BCUT2D eigenvalue weighted by Crippen LogP contribution is 1.84. The standard InChI is InChI=1S/C4H9BO3/c1-2-3-4-8-5(6)7/h2-4H2,1H3/q-2. The summed E-state index contributed by atoms with van der Waals surface area (Å²) in [5, 5.41) is 19.2. The van der Waals surface area contributed by atoms with Crippen LogP contribution in [0.2, 0.25) is 0 Å². The van der Waals surface area contributed by atoms with Crippen LogP contribution in [-0.2, 0) is 4.65 Å². The van der Waals surface area contributed by atoms with E-state index in [-0.39, 0.29) is 0 Å². The van der Waals surface area contributed by atoms with Gasteiger partial charge in [-0.15, -0.1) is 0 Å². The molecule has 0 saturated heterocycles. The summed E-state index contributed by atoms with van der Waals surface area (Å²) < 4.78 is 4.17. The zero-order valence-corrected chi connectivity index (χ0v) is 4.92. The first-order valence-corrected chi connectivity index (χ1v) is 2.70. The van der Waals surface area contributed by atoms with Crippen molar-refractivity contribution in [3.05, 3.63) is 0 Å². The average Bonchev–Trinajstić information content (AvgIpc) is 1.66. The van der Waals surface area contributed by atoms with Gasteiger partial charge in [0.1, 0.15) is 0 Å². The van der Waals surface area contributed by atoms with Crippen molar-refractivity contribution in [2.24, 2.45) is 0 Å². The van der Waals surface area contributed by atoms with E-state index >= 15 is 0 Å². The maximum atomic E-state index is 9.62. The minimum atomic E-state index is -2.10. The van der Waals surface area contributed by atoms with Crippen LogP contribution in [0.15, 0.2) is 0 Å². The van der Waals surface area contributed by atoms with Gasteiger partial charge >= 0.3 is 0 Å². The van der Waals surface area contributed by atoms with Gasteiger partial charge in [-0.3, -0.25) is 0 Å². The molecule has 0 N–H and O–H groups in total. The van der Waals surface area contributed by atoms with Gasteiger partial charge < -0.3 is 14.7 Å². The summed E-state index contributed by atoms with van der Waals surface area (Å²) in [6.45, 7) is 2.27. The van der Waals surface area contributed by atoms with E-state index in [2.05, 4.69) is 4.65 Å². The average molecular weight is 116 g/mol. The van der Waals surface area contributed by atoms with Crippen molar-refractivity contribution in [1.29, 1.82) is 0 Å². The number of hydrogen-bond acceptors (Lipinski definition) is 3. The molecule has 0 aromatic rings. The smallest absolute Gasteiger partial charge is 0.0604 e. The molecular formula is C4H9BO3-2. The molecule has 0 aliphatic carbocycles. The van der Waals surface area contributed by atoms with Gasteiger partial charge in [0.15, 0.2) is 0 Å². The van der Waals surface area contributed by atoms with Gasteiger partial charge in [0.2, 0.25) is 0 Å². The van der Waals surface area contributed by atoms with Gasteiger partial charge in [-0.05, 0) is 6.42 Å². The van der Waals surface area contributed by atoms with Crippen LogP contribution in [0.3, 0.4) is 0 Å². The number of hydrogen-bond donors (Lipinski definition) is 0. The van der Waals surface area contributed by atoms with Crippen LogP contribution in [-0.4, -0.2) is 13.9 Å². The largest absolute Gasteiger partial charge is 0.871 e. The molecule has 48 valence electrons. The first-order valence-electron chi connectivity index (χ1n) is 2.70. The summed E-state index contributed by atoms with van der Waals surface area (Å²) in [5.74, 6) is 0. The number of rotatable bonds is 4. The van der Waals surface area contributed by atoms with E-state index in [1.165, 1.54) is 0 Å². The molecule has 0 rings (SSSR count). The molecular weight excluding hydrogens is 107 g/mol. The predicted octanol–water partition coefficient (Wildman–Crippen LogP) is -1.49. The third-order valence-electron chi connectivity index (χ3n) is 0.752. The van der Waals surface area contributed by atoms with E-state index < -0.39 is 7.32 Å². The Labute approximate surface area is 49.5 Å². The van der Waals surface area contributed by atoms with E-state index in [1.807, 2.05) is 6.92 Å². The third kappa shape index (κ3) is 5.94. The van der Waals surface area contributed by atoms with E-state index in [9.17, 15) is 10.0 Å². The van der Waals surface area contributed by atoms with Crippen molar-refractivity contribution in [3.63, 3.8) is 0 Å². The molecule has 0 saturated carbocycles. The fraction of sp³-hybridized carbons (Fsp3) is 1.00. The van der Waals surface area contributed by atoms with Crippen molar-refractivity contribution in [1.82, 2.24) is 0 Å². The molecule has 4 heteroatoms. The van der Waals surface area contributed by atoms with Gasteiger partial charge in [-0.25, -0.2) is 0 Å². The maximum absolute atomic E-state index is 9.62. The summed E-state index contributed by atoms with van der Waals surface area (Å²) in [4.78, 5) is 0. The van der Waals surface area contributed by atoms with Crippen molar-refractivity contribution >= 4 is 7.32 Å². The van der Waals surface area contributed by atoms with Gasteiger partial charge in [0, 0.05) is 6.61 Å². The van der Waals surface area contributed by atoms with Crippen molar-refractivity contribution in [2.75, 3.05) is 6.61 Å². The van der Waals surface area contributed by atoms with Crippen molar-refractivity contribution in [3.8, 4) is 0 Å². The van der Waals surface area contributed by atoms with Gasteiger partial charge in [-0.1, -0.05) is 13.3 Å². The molecule has 0 amide bonds. The lowest BCUT2D eigenvalue weighted by atomic mass is 10.2. The van der Waals surface area contributed by atoms with E-state index in [0.717, 1.165) is 12.8 Å². The van der Waals surface area contributed by atoms with Gasteiger partial charge in [0.25, 0.3) is 0 Å². The number of unbranched alkanes of at least 4 members (excludes halogenated alkanes) is 1. The minimum Gasteiger partial charge on any atom is -0.871 e. The second kappa shape index (κ2) is 5.09. The van der Waals surface area contributed by atoms with Crippen molar-refractivity contribution in [2.45, 2.75) is 19.8 Å². The van der Waals surface area contributed by atoms with Gasteiger partial charge in [0.05, 0.1) is 7.32 Å². The molecule has 0 heterocycles. The summed E-state index contributed by atoms with van der Waals surface area (Å²) in [7, 11) is -2.10. The minimum absolute atomic E-state index is 0.300. The molecule has 8 heavy (non-hydrogen) atoms. The molecule has 0 bridgehead atoms. The Balaban J connectivity index is 2.72. The Morgan fingerprint density at radius 3 is 2.50 bits per heavy atom. The molecule has 0 aromatic carbocycles. The summed E-state index contributed by atoms with van der Waals surface area (Å²) in [6, 6.07) is 0. The fourth-order valence-corrected chi connectivity index (χ4v) is 0.324. The highest BCUT2D eigenvalue weighted by atomic mass is 16.6. The molecule has 0 atom stereocenters. The van der Waals surface area contributed by atoms with Crippen LogP contribution in [0, 0.1) is 0 Å². The molecule has 0 spiro atoms. The van der Waals surface area contributed by atoms with Gasteiger partial charge in [-0.2, -0.15) is 0 Å². The Morgan fingerprint density at radius 2 is 2.12 bits per heavy atom. The Bertz CT molecular complexity index is 48.5. The first-order chi connectivity index (χ1) is 3.77. The molecule has 3 nitrogen and oxygen atoms in total. The second-order valence-corrected chi connectivity index (χ2v) is 1.51. The van der Waals surface area contributed by atoms with Crippen molar-refractivity contribution < 1.29 is 14.7 Å². The van der Waals surface area contributed by atoms with E-state index in [1.54, 1.807) is 0 Å². The summed E-state index contributed by atoms with van der Waals surface area (Å²) in [5.41, 5.74) is 0. The summed E-state index contributed by atoms with van der Waals surface area (Å²) >= 11 is 0. The van der Waals surface area contributed by atoms with Crippen LogP contribution in [0.5, 0.6) is 0 Å². The molecule has 0 radical (unpaired) electrons. The Morgan fingerprint density at radius 1 is 1.50 bits per heavy atom. The predicted molar refractivity (Wildman–Crippen MR) is 26.6 cm³/mol. The monoisotopic (exact) mass is 116 g/mol. The molecule has 0 aromatic heterocycles. The van der Waals surface area contributed by atoms with Crippen LogP contribution >= 0.6 is 0 Å². The SMILES string of the molecule is CCCCOB([O-])[O-]. The molecule has 0 fully saturated rings. The lowest BCUT2D eigenvalue weighted by molar-refractivity contribution is -0.381. The quantitative estimate of drug-likeness (QED) is 0.332. The van der Waals surface area contributed by atoms with E-state index in [4.69, 9.17) is 0 Å². The highest BCUT2D eigenvalue weighted by Gasteiger charge is 1.79. The Hall–Kier alpha value is -0.0551. The highest BCUT2D eigenvalue weighted by molar-refractivity contribution is 6.28. The zero-order chi connectivity index (χ0) is 6.41. The molecule has 0 aliphatic rings. The maximum Gasteiger partial charge on any atom is 0.0604 e. The lowest BCUT2D eigenvalue weighted by Gasteiger charge is -2.25. The fourth-order valence-electron chi connectivity index (χ4n) is 0.324. The summed E-state index contributed by atoms with van der Waals surface area (Å²) in [6.07, 6.45) is 1.74. The lowest BCUT2D eigenvalue weighted by Crippen LogP contribution is -2.47. The van der Waals surface area contributed by atoms with Crippen LogP contribution in [0.25, 0.3) is 0 Å². The molecule has 0 aliphatic heterocycles. The Kier molecular flexibility index (Phi) is 5.05. The van der Waals surface area contributed by atoms with Crippen LogP contribution in [0.4, 0.5) is 0 Å². The van der Waals surface area contributed by atoms with Crippen LogP contribution in [0.1, 0.15) is 19.8 Å². The zero-order valence-electron chi connectivity index (χ0n) is 4.92. The first kappa shape index (κ1) is 7.94. The molecule has 0 unspecified atom stereocenters. The normalized spacial score (nSPS) is 9.38.